The first-order chi connectivity index (χ1) is 20.9. The molecule has 7 rings (SSSR count). The molecule has 4 aromatic heterocycles. The van der Waals surface area contributed by atoms with Crippen LogP contribution in [0, 0.1) is 0 Å². The summed E-state index contributed by atoms with van der Waals surface area (Å²) in [6.45, 7) is -8.73. The molecule has 3 saturated heterocycles. The van der Waals surface area contributed by atoms with Gasteiger partial charge in [-0.15, -0.1) is 16.9 Å². The summed E-state index contributed by atoms with van der Waals surface area (Å²) in [5.74, 6) is -0.116. The quantitative estimate of drug-likeness (QED) is 0.179. The van der Waals surface area contributed by atoms with Gasteiger partial charge in [0.1, 0.15) is 17.6 Å². The van der Waals surface area contributed by atoms with Crippen LogP contribution in [0.5, 0.6) is 0 Å². The minimum absolute atomic E-state index is 0.0457. The third-order valence-electron chi connectivity index (χ3n) is 7.12. The van der Waals surface area contributed by atoms with E-state index in [0.29, 0.717) is 0 Å². The first kappa shape index (κ1) is 30.5. The highest BCUT2D eigenvalue weighted by atomic mass is 32.5. The fraction of sp³-hybridized carbons (Fsp3) is 0.500. The SMILES string of the molecule is Nc1nc2c(ncn2[C@@H]2S[C@@H]3COP(O)(=S)O[C@H]4[C@H](F)[C@H](n5nnc6c(N)ccnc65)O[C@@H]4COP(O)(=S)O[C@@H]2C3)c(=O)[nH]1. The number of hydrogen-bond acceptors (Lipinski definition) is 16. The van der Waals surface area contributed by atoms with E-state index < -0.39 is 66.9 Å². The molecule has 2 unspecified atom stereocenters. The minimum atomic E-state index is -4.07. The molecule has 3 aliphatic heterocycles. The van der Waals surface area contributed by atoms with Gasteiger partial charge in [-0.2, -0.15) is 9.67 Å². The number of aromatic nitrogens is 8. The van der Waals surface area contributed by atoms with Crippen molar-refractivity contribution in [3.05, 3.63) is 28.9 Å². The smallest absolute Gasteiger partial charge is 0.325 e. The summed E-state index contributed by atoms with van der Waals surface area (Å²) in [4.78, 5) is 49.3. The Hall–Kier alpha value is -2.20. The van der Waals surface area contributed by atoms with Gasteiger partial charge in [0.25, 0.3) is 5.56 Å². The summed E-state index contributed by atoms with van der Waals surface area (Å²) >= 11 is 11.9. The van der Waals surface area contributed by atoms with Crippen LogP contribution in [0.3, 0.4) is 0 Å². The second-order valence-corrected chi connectivity index (χ2v) is 17.0. The zero-order valence-electron chi connectivity index (χ0n) is 22.0. The van der Waals surface area contributed by atoms with Crippen molar-refractivity contribution in [3.8, 4) is 0 Å². The predicted molar refractivity (Wildman–Crippen MR) is 161 cm³/mol. The maximum Gasteiger partial charge on any atom is 0.325 e. The molecule has 7 N–H and O–H groups in total. The van der Waals surface area contributed by atoms with Gasteiger partial charge in [0.2, 0.25) is 5.95 Å². The van der Waals surface area contributed by atoms with Crippen LogP contribution in [0.1, 0.15) is 18.0 Å². The molecule has 24 heteroatoms. The average Bonchev–Trinajstić information content (AvgIpc) is 3.72. The maximum atomic E-state index is 16.0. The van der Waals surface area contributed by atoms with Crippen molar-refractivity contribution in [1.82, 2.24) is 39.5 Å². The van der Waals surface area contributed by atoms with Crippen LogP contribution in [0.4, 0.5) is 16.0 Å². The number of halogens is 1. The Labute approximate surface area is 260 Å². The number of nitrogens with two attached hydrogens (primary N) is 2. The van der Waals surface area contributed by atoms with Crippen molar-refractivity contribution >= 4 is 82.8 Å². The zero-order valence-corrected chi connectivity index (χ0v) is 26.3. The summed E-state index contributed by atoms with van der Waals surface area (Å²) in [5.41, 5.74) is 12.0. The lowest BCUT2D eigenvalue weighted by Crippen LogP contribution is -2.34. The normalized spacial score (nSPS) is 36.6. The van der Waals surface area contributed by atoms with Crippen LogP contribution >= 0.6 is 25.2 Å². The molecule has 0 saturated carbocycles. The van der Waals surface area contributed by atoms with E-state index in [1.165, 1.54) is 30.4 Å². The Morgan fingerprint density at radius 3 is 2.68 bits per heavy atom. The van der Waals surface area contributed by atoms with E-state index in [2.05, 4.69) is 30.2 Å². The Balaban J connectivity index is 1.19. The maximum absolute atomic E-state index is 16.0. The molecule has 44 heavy (non-hydrogen) atoms. The molecule has 236 valence electrons. The number of thioether (sulfide) groups is 1. The molecule has 0 aliphatic carbocycles. The highest BCUT2D eigenvalue weighted by Gasteiger charge is 2.52. The number of anilines is 2. The number of ether oxygens (including phenoxy) is 1. The van der Waals surface area contributed by atoms with E-state index >= 15 is 4.39 Å². The topological polar surface area (TPSA) is 246 Å². The number of aromatic amines is 1. The molecule has 3 aliphatic rings. The van der Waals surface area contributed by atoms with Crippen LogP contribution < -0.4 is 17.0 Å². The fourth-order valence-corrected chi connectivity index (χ4v) is 9.78. The number of H-pyrrole nitrogens is 1. The van der Waals surface area contributed by atoms with Crippen LogP contribution in [-0.4, -0.2) is 92.2 Å². The summed E-state index contributed by atoms with van der Waals surface area (Å²) in [5, 5.41) is 6.89. The summed E-state index contributed by atoms with van der Waals surface area (Å²) in [7, 11) is 0. The molecule has 2 bridgehead atoms. The number of nitrogen functional groups attached to an aromatic ring is 2. The lowest BCUT2D eigenvalue weighted by molar-refractivity contribution is -0.0488. The summed E-state index contributed by atoms with van der Waals surface area (Å²) in [6, 6.07) is 1.51. The summed E-state index contributed by atoms with van der Waals surface area (Å²) < 4.78 is 47.4. The molecule has 0 aromatic carbocycles. The van der Waals surface area contributed by atoms with Crippen LogP contribution in [0.15, 0.2) is 23.4 Å². The van der Waals surface area contributed by atoms with Gasteiger partial charge in [0.05, 0.1) is 31.3 Å². The number of nitrogens with one attached hydrogen (secondary N) is 1. The number of hydrogen-bond donors (Lipinski definition) is 5. The summed E-state index contributed by atoms with van der Waals surface area (Å²) in [6.07, 6.45) is -3.94. The monoisotopic (exact) mass is 708 g/mol. The lowest BCUT2D eigenvalue weighted by Gasteiger charge is -2.27. The first-order valence-corrected chi connectivity index (χ1v) is 19.0. The Morgan fingerprint density at radius 2 is 1.86 bits per heavy atom. The molecule has 0 radical (unpaired) electrons. The number of alkyl halides is 1. The van der Waals surface area contributed by atoms with Crippen molar-refractivity contribution in [2.45, 2.75) is 47.8 Å². The van der Waals surface area contributed by atoms with Gasteiger partial charge in [-0.1, -0.05) is 5.21 Å². The van der Waals surface area contributed by atoms with E-state index in [4.69, 9.17) is 57.9 Å². The second kappa shape index (κ2) is 11.2. The van der Waals surface area contributed by atoms with Crippen molar-refractivity contribution in [3.63, 3.8) is 0 Å². The highest BCUT2D eigenvalue weighted by Crippen LogP contribution is 2.56. The third kappa shape index (κ3) is 5.56. The number of fused-ring (bicyclic) bond motifs is 5. The van der Waals surface area contributed by atoms with Gasteiger partial charge in [0, 0.05) is 11.4 Å². The number of imidazole rings is 1. The van der Waals surface area contributed by atoms with Crippen LogP contribution in [0.25, 0.3) is 22.3 Å². The fourth-order valence-electron chi connectivity index (χ4n) is 5.21. The largest absolute Gasteiger partial charge is 0.397 e. The first-order valence-electron chi connectivity index (χ1n) is 12.8. The molecule has 18 nitrogen and oxygen atoms in total. The predicted octanol–water partition coefficient (Wildman–Crippen LogP) is 0.614. The van der Waals surface area contributed by atoms with E-state index in [-0.39, 0.29) is 47.0 Å². The van der Waals surface area contributed by atoms with Gasteiger partial charge in [-0.25, -0.2) is 14.4 Å². The van der Waals surface area contributed by atoms with Crippen LogP contribution in [0.2, 0.25) is 0 Å². The van der Waals surface area contributed by atoms with Gasteiger partial charge < -0.3 is 39.6 Å². The molecular weight excluding hydrogens is 685 g/mol. The van der Waals surface area contributed by atoms with Gasteiger partial charge in [-0.05, 0) is 36.1 Å². The molecule has 7 heterocycles. The Morgan fingerprint density at radius 1 is 1.09 bits per heavy atom. The van der Waals surface area contributed by atoms with Crippen LogP contribution in [-0.2, 0) is 46.4 Å². The van der Waals surface area contributed by atoms with E-state index in [1.54, 1.807) is 4.57 Å². The van der Waals surface area contributed by atoms with Crippen molar-refractivity contribution < 1.29 is 37.0 Å². The molecule has 0 spiro atoms. The zero-order chi connectivity index (χ0) is 31.0. The standard InChI is InChI=1S/C20H23FN10O8P2S3/c21-11-14-10(37-18(11)31-15-12(28-29-31)8(22)1-2-24-15)5-36-40(33,42)38-9-3-7(4-35-41(34,43)39-14)44-19(9)30-6-25-13-16(30)26-20(23)27-17(13)32/h1-2,6-7,9-11,14,18-19H,3-5H2,(H2,22,24)(H,33,42)(H,34,43)(H3,23,26,27,32)/t7-,9+,10+,11-,14+,18+,19+,40?,41?/m0/s1. The van der Waals surface area contributed by atoms with Gasteiger partial charge in [0.15, 0.2) is 34.7 Å². The van der Waals surface area contributed by atoms with Crippen molar-refractivity contribution in [2.75, 3.05) is 24.7 Å². The average molecular weight is 709 g/mol. The molecule has 9 atom stereocenters. The molecular formula is C20H23FN10O8P2S3. The highest BCUT2D eigenvalue weighted by molar-refractivity contribution is 8.07. The molecule has 0 amide bonds. The third-order valence-corrected chi connectivity index (χ3v) is 11.8. The molecule has 4 aromatic rings. The molecule has 3 fully saturated rings. The van der Waals surface area contributed by atoms with Crippen molar-refractivity contribution in [2.24, 2.45) is 0 Å². The van der Waals surface area contributed by atoms with E-state index in [9.17, 15) is 14.6 Å². The lowest BCUT2D eigenvalue weighted by atomic mass is 10.1. The van der Waals surface area contributed by atoms with Gasteiger partial charge in [-0.3, -0.25) is 18.9 Å². The second-order valence-electron chi connectivity index (χ2n) is 10.0. The number of nitrogens with zero attached hydrogens (tertiary/aromatic N) is 7. The van der Waals surface area contributed by atoms with Crippen molar-refractivity contribution in [1.29, 1.82) is 0 Å². The Kier molecular flexibility index (Phi) is 7.79. The number of pyridine rings is 1. The van der Waals surface area contributed by atoms with Gasteiger partial charge >= 0.3 is 13.4 Å². The Bertz CT molecular complexity index is 1910. The number of rotatable bonds is 2. The minimum Gasteiger partial charge on any atom is -0.397 e. The van der Waals surface area contributed by atoms with E-state index in [0.717, 1.165) is 4.68 Å². The van der Waals surface area contributed by atoms with E-state index in [1.807, 2.05) is 0 Å².